The van der Waals surface area contributed by atoms with Gasteiger partial charge in [0.15, 0.2) is 0 Å². The smallest absolute Gasteiger partial charge is 0.328 e. The van der Waals surface area contributed by atoms with Crippen LogP contribution in [0.5, 0.6) is 0 Å². The second-order valence-electron chi connectivity index (χ2n) is 4.53. The van der Waals surface area contributed by atoms with Gasteiger partial charge in [0.1, 0.15) is 0 Å². The van der Waals surface area contributed by atoms with Gasteiger partial charge in [0.2, 0.25) is 0 Å². The number of rotatable bonds is 3. The molecular formula is C17H16O2. The van der Waals surface area contributed by atoms with E-state index in [1.54, 1.807) is 0 Å². The van der Waals surface area contributed by atoms with Gasteiger partial charge in [-0.3, -0.25) is 0 Å². The van der Waals surface area contributed by atoms with Gasteiger partial charge in [0.25, 0.3) is 0 Å². The lowest BCUT2D eigenvalue weighted by molar-refractivity contribution is -0.131. The van der Waals surface area contributed by atoms with Crippen molar-refractivity contribution in [3.63, 3.8) is 0 Å². The van der Waals surface area contributed by atoms with Gasteiger partial charge in [-0.25, -0.2) is 4.79 Å². The lowest BCUT2D eigenvalue weighted by Crippen LogP contribution is -1.98. The van der Waals surface area contributed by atoms with E-state index in [1.165, 1.54) is 6.08 Å². The van der Waals surface area contributed by atoms with Crippen molar-refractivity contribution in [2.24, 2.45) is 0 Å². The van der Waals surface area contributed by atoms with Crippen LogP contribution in [0.15, 0.2) is 54.6 Å². The van der Waals surface area contributed by atoms with Gasteiger partial charge >= 0.3 is 5.97 Å². The van der Waals surface area contributed by atoms with E-state index >= 15 is 0 Å². The molecular weight excluding hydrogens is 236 g/mol. The summed E-state index contributed by atoms with van der Waals surface area (Å²) in [4.78, 5) is 11.1. The van der Waals surface area contributed by atoms with Crippen LogP contribution < -0.4 is 0 Å². The van der Waals surface area contributed by atoms with Crippen LogP contribution in [-0.4, -0.2) is 11.1 Å². The maximum absolute atomic E-state index is 11.1. The molecule has 2 heteroatoms. The van der Waals surface area contributed by atoms with E-state index in [9.17, 15) is 4.79 Å². The second-order valence-corrected chi connectivity index (χ2v) is 4.53. The monoisotopic (exact) mass is 252 g/mol. The summed E-state index contributed by atoms with van der Waals surface area (Å²) in [6.45, 7) is 3.98. The van der Waals surface area contributed by atoms with Crippen LogP contribution in [0.25, 0.3) is 5.57 Å². The minimum absolute atomic E-state index is 0.753. The zero-order valence-corrected chi connectivity index (χ0v) is 11.1. The average Bonchev–Trinajstić information content (AvgIpc) is 2.37. The number of carboxylic acids is 1. The summed E-state index contributed by atoms with van der Waals surface area (Å²) in [5.41, 5.74) is 4.80. The first-order valence-corrected chi connectivity index (χ1v) is 6.16. The van der Waals surface area contributed by atoms with Crippen molar-refractivity contribution >= 4 is 11.5 Å². The summed E-state index contributed by atoms with van der Waals surface area (Å²) in [6.07, 6.45) is 1.28. The third kappa shape index (κ3) is 2.91. The quantitative estimate of drug-likeness (QED) is 0.843. The largest absolute Gasteiger partial charge is 0.478 e. The molecule has 0 aliphatic heterocycles. The molecule has 0 amide bonds. The molecule has 96 valence electrons. The molecule has 0 heterocycles. The first-order valence-electron chi connectivity index (χ1n) is 6.16. The summed E-state index contributed by atoms with van der Waals surface area (Å²) in [7, 11) is 0. The number of benzene rings is 2. The zero-order chi connectivity index (χ0) is 13.8. The number of aliphatic carboxylic acids is 1. The number of hydrogen-bond acceptors (Lipinski definition) is 1. The Kier molecular flexibility index (Phi) is 3.81. The highest BCUT2D eigenvalue weighted by Crippen LogP contribution is 2.28. The molecule has 0 bridgehead atoms. The molecule has 0 saturated carbocycles. The summed E-state index contributed by atoms with van der Waals surface area (Å²) in [6, 6.07) is 15.6. The van der Waals surface area contributed by atoms with Crippen LogP contribution in [0.3, 0.4) is 0 Å². The summed E-state index contributed by atoms with van der Waals surface area (Å²) in [5.74, 6) is -0.929. The molecule has 0 aromatic heterocycles. The predicted molar refractivity (Wildman–Crippen MR) is 77.1 cm³/mol. The molecule has 0 aliphatic carbocycles. The Morgan fingerprint density at radius 2 is 1.32 bits per heavy atom. The molecule has 2 rings (SSSR count). The topological polar surface area (TPSA) is 37.3 Å². The third-order valence-corrected chi connectivity index (χ3v) is 3.14. The number of carbonyl (C=O) groups is 1. The standard InChI is InChI=1S/C17H16O2/c1-12-7-3-5-9-14(12)16(11-17(18)19)15-10-6-4-8-13(15)2/h3-11H,1-2H3,(H,18,19). The van der Waals surface area contributed by atoms with Gasteiger partial charge < -0.3 is 5.11 Å². The number of carboxylic acid groups (broad SMARTS) is 1. The Hall–Kier alpha value is -2.35. The van der Waals surface area contributed by atoms with E-state index in [4.69, 9.17) is 5.11 Å². The molecule has 2 nitrogen and oxygen atoms in total. The molecule has 0 fully saturated rings. The molecule has 0 atom stereocenters. The Bertz CT molecular complexity index is 592. The van der Waals surface area contributed by atoms with Crippen molar-refractivity contribution in [2.75, 3.05) is 0 Å². The number of hydrogen-bond donors (Lipinski definition) is 1. The van der Waals surface area contributed by atoms with Crippen LogP contribution in [0.4, 0.5) is 0 Å². The van der Waals surface area contributed by atoms with E-state index in [0.29, 0.717) is 0 Å². The van der Waals surface area contributed by atoms with Crippen LogP contribution >= 0.6 is 0 Å². The van der Waals surface area contributed by atoms with Crippen molar-refractivity contribution < 1.29 is 9.90 Å². The molecule has 2 aromatic carbocycles. The first-order chi connectivity index (χ1) is 9.09. The van der Waals surface area contributed by atoms with Crippen molar-refractivity contribution in [1.82, 2.24) is 0 Å². The van der Waals surface area contributed by atoms with Crippen LogP contribution in [0, 0.1) is 13.8 Å². The second kappa shape index (κ2) is 5.53. The fourth-order valence-corrected chi connectivity index (χ4v) is 2.17. The normalized spacial score (nSPS) is 10.0. The number of aryl methyl sites for hydroxylation is 2. The van der Waals surface area contributed by atoms with Crippen molar-refractivity contribution in [3.8, 4) is 0 Å². The van der Waals surface area contributed by atoms with E-state index in [1.807, 2.05) is 62.4 Å². The fraction of sp³-hybridized carbons (Fsp3) is 0.118. The minimum atomic E-state index is -0.929. The highest BCUT2D eigenvalue weighted by Gasteiger charge is 2.11. The van der Waals surface area contributed by atoms with Crippen LogP contribution in [-0.2, 0) is 4.79 Å². The average molecular weight is 252 g/mol. The van der Waals surface area contributed by atoms with E-state index in [-0.39, 0.29) is 0 Å². The van der Waals surface area contributed by atoms with E-state index < -0.39 is 5.97 Å². The minimum Gasteiger partial charge on any atom is -0.478 e. The van der Waals surface area contributed by atoms with Crippen molar-refractivity contribution in [2.45, 2.75) is 13.8 Å². The van der Waals surface area contributed by atoms with Gasteiger partial charge in [0.05, 0.1) is 0 Å². The van der Waals surface area contributed by atoms with Gasteiger partial charge in [0, 0.05) is 6.08 Å². The zero-order valence-electron chi connectivity index (χ0n) is 11.1. The SMILES string of the molecule is Cc1ccccc1C(=CC(=O)O)c1ccccc1C. The van der Waals surface area contributed by atoms with Gasteiger partial charge in [-0.2, -0.15) is 0 Å². The summed E-state index contributed by atoms with van der Waals surface area (Å²) >= 11 is 0. The molecule has 2 aromatic rings. The highest BCUT2D eigenvalue weighted by atomic mass is 16.4. The summed E-state index contributed by atoms with van der Waals surface area (Å²) < 4.78 is 0. The molecule has 0 unspecified atom stereocenters. The third-order valence-electron chi connectivity index (χ3n) is 3.14. The maximum atomic E-state index is 11.1. The maximum Gasteiger partial charge on any atom is 0.328 e. The Morgan fingerprint density at radius 1 is 0.895 bits per heavy atom. The molecule has 0 radical (unpaired) electrons. The van der Waals surface area contributed by atoms with Gasteiger partial charge in [-0.1, -0.05) is 48.5 Å². The van der Waals surface area contributed by atoms with Gasteiger partial charge in [-0.15, -0.1) is 0 Å². The van der Waals surface area contributed by atoms with Crippen molar-refractivity contribution in [3.05, 3.63) is 76.9 Å². The lowest BCUT2D eigenvalue weighted by atomic mass is 9.91. The Morgan fingerprint density at radius 3 is 1.68 bits per heavy atom. The lowest BCUT2D eigenvalue weighted by Gasteiger charge is -2.13. The molecule has 0 saturated heterocycles. The molecule has 0 spiro atoms. The van der Waals surface area contributed by atoms with Crippen molar-refractivity contribution in [1.29, 1.82) is 0 Å². The first kappa shape index (κ1) is 13.1. The molecule has 19 heavy (non-hydrogen) atoms. The fourth-order valence-electron chi connectivity index (χ4n) is 2.17. The van der Waals surface area contributed by atoms with Crippen LogP contribution in [0.2, 0.25) is 0 Å². The Balaban J connectivity index is 2.66. The van der Waals surface area contributed by atoms with E-state index in [0.717, 1.165) is 27.8 Å². The summed E-state index contributed by atoms with van der Waals surface area (Å²) in [5, 5.41) is 9.11. The van der Waals surface area contributed by atoms with E-state index in [2.05, 4.69) is 0 Å². The Labute approximate surface area is 113 Å². The highest BCUT2D eigenvalue weighted by molar-refractivity contribution is 5.96. The molecule has 1 N–H and O–H groups in total. The van der Waals surface area contributed by atoms with Crippen LogP contribution in [0.1, 0.15) is 22.3 Å². The van der Waals surface area contributed by atoms with Gasteiger partial charge in [-0.05, 0) is 41.7 Å². The molecule has 0 aliphatic rings. The predicted octanol–water partition coefficient (Wildman–Crippen LogP) is 3.82.